The highest BCUT2D eigenvalue weighted by molar-refractivity contribution is 5.46. The summed E-state index contributed by atoms with van der Waals surface area (Å²) in [5.41, 5.74) is 3.41. The van der Waals surface area contributed by atoms with Gasteiger partial charge in [-0.15, -0.1) is 5.10 Å². The first-order valence-electron chi connectivity index (χ1n) is 10.6. The molecule has 0 bridgehead atoms. The van der Waals surface area contributed by atoms with Crippen molar-refractivity contribution in [3.05, 3.63) is 102 Å². The molecule has 1 fully saturated rings. The third kappa shape index (κ3) is 4.32. The molecule has 0 radical (unpaired) electrons. The fourth-order valence-electron chi connectivity index (χ4n) is 4.17. The van der Waals surface area contributed by atoms with Gasteiger partial charge in [-0.25, -0.2) is 4.68 Å². The molecule has 1 saturated heterocycles. The van der Waals surface area contributed by atoms with E-state index in [1.807, 2.05) is 41.2 Å². The second-order valence-corrected chi connectivity index (χ2v) is 7.70. The van der Waals surface area contributed by atoms with Crippen LogP contribution >= 0.6 is 0 Å². The lowest BCUT2D eigenvalue weighted by molar-refractivity contribution is 0.198. The lowest BCUT2D eigenvalue weighted by atomic mass is 10.1. The number of hydrogen-bond acceptors (Lipinski definition) is 6. The molecule has 4 aromatic rings. The summed E-state index contributed by atoms with van der Waals surface area (Å²) in [5, 5.41) is 12.8. The third-order valence-electron chi connectivity index (χ3n) is 5.75. The van der Waals surface area contributed by atoms with Crippen LogP contribution in [0.3, 0.4) is 0 Å². The summed E-state index contributed by atoms with van der Waals surface area (Å²) in [7, 11) is 0. The molecular weight excluding hydrogens is 386 g/mol. The molecule has 1 atom stereocenters. The Morgan fingerprint density at radius 2 is 1.48 bits per heavy atom. The molecular formula is C24H25N7. The fraction of sp³-hybridized carbons (Fsp3) is 0.250. The Hall–Kier alpha value is -3.58. The van der Waals surface area contributed by atoms with Gasteiger partial charge in [-0.05, 0) is 40.3 Å². The predicted octanol–water partition coefficient (Wildman–Crippen LogP) is 3.03. The van der Waals surface area contributed by atoms with Gasteiger partial charge >= 0.3 is 0 Å². The first-order chi connectivity index (χ1) is 15.4. The van der Waals surface area contributed by atoms with Crippen LogP contribution in [0.25, 0.3) is 0 Å². The van der Waals surface area contributed by atoms with Crippen molar-refractivity contribution in [3.8, 4) is 0 Å². The van der Waals surface area contributed by atoms with Crippen LogP contribution in [0.2, 0.25) is 0 Å². The normalized spacial score (nSPS) is 15.7. The summed E-state index contributed by atoms with van der Waals surface area (Å²) in [4.78, 5) is 9.54. The Morgan fingerprint density at radius 1 is 0.774 bits per heavy atom. The molecule has 156 valence electrons. The zero-order chi connectivity index (χ0) is 20.9. The van der Waals surface area contributed by atoms with Gasteiger partial charge < -0.3 is 4.90 Å². The molecule has 7 nitrogen and oxygen atoms in total. The van der Waals surface area contributed by atoms with E-state index in [0.29, 0.717) is 6.54 Å². The lowest BCUT2D eigenvalue weighted by Gasteiger charge is -2.39. The van der Waals surface area contributed by atoms with Crippen LogP contribution in [0.1, 0.15) is 23.1 Å². The van der Waals surface area contributed by atoms with Gasteiger partial charge in [-0.3, -0.25) is 9.88 Å². The molecule has 3 heterocycles. The molecule has 0 N–H and O–H groups in total. The summed E-state index contributed by atoms with van der Waals surface area (Å²) in [6.45, 7) is 4.36. The van der Waals surface area contributed by atoms with E-state index < -0.39 is 0 Å². The highest BCUT2D eigenvalue weighted by Crippen LogP contribution is 2.28. The van der Waals surface area contributed by atoms with Crippen molar-refractivity contribution in [2.75, 3.05) is 31.1 Å². The number of benzene rings is 2. The van der Waals surface area contributed by atoms with Gasteiger partial charge in [0, 0.05) is 38.1 Å². The maximum absolute atomic E-state index is 4.67. The minimum absolute atomic E-state index is 0.0853. The molecule has 0 unspecified atom stereocenters. The van der Waals surface area contributed by atoms with Crippen molar-refractivity contribution < 1.29 is 0 Å². The SMILES string of the molecule is c1ccc(Cn2nnnc2[C@H](c2ccccn2)N2CCN(c3ccccc3)CC2)cc1. The summed E-state index contributed by atoms with van der Waals surface area (Å²) in [5.74, 6) is 0.829. The van der Waals surface area contributed by atoms with Crippen LogP contribution < -0.4 is 4.90 Å². The molecule has 31 heavy (non-hydrogen) atoms. The number of piperazine rings is 1. The second kappa shape index (κ2) is 9.06. The Morgan fingerprint density at radius 3 is 2.19 bits per heavy atom. The third-order valence-corrected chi connectivity index (χ3v) is 5.75. The van der Waals surface area contributed by atoms with Gasteiger partial charge in [0.25, 0.3) is 0 Å². The maximum Gasteiger partial charge on any atom is 0.174 e. The Kier molecular flexibility index (Phi) is 5.66. The van der Waals surface area contributed by atoms with E-state index in [4.69, 9.17) is 0 Å². The van der Waals surface area contributed by atoms with E-state index >= 15 is 0 Å². The van der Waals surface area contributed by atoms with Crippen LogP contribution in [0.4, 0.5) is 5.69 Å². The van der Waals surface area contributed by atoms with Crippen molar-refractivity contribution in [2.24, 2.45) is 0 Å². The molecule has 0 amide bonds. The van der Waals surface area contributed by atoms with Crippen LogP contribution in [0, 0.1) is 0 Å². The Labute approximate surface area is 182 Å². The van der Waals surface area contributed by atoms with Gasteiger partial charge in [0.1, 0.15) is 6.04 Å². The largest absolute Gasteiger partial charge is 0.369 e. The van der Waals surface area contributed by atoms with E-state index in [0.717, 1.165) is 37.7 Å². The first-order valence-corrected chi connectivity index (χ1v) is 10.6. The molecule has 1 aliphatic rings. The minimum atomic E-state index is -0.0853. The number of aromatic nitrogens is 5. The van der Waals surface area contributed by atoms with Gasteiger partial charge in [-0.2, -0.15) is 0 Å². The Bertz CT molecular complexity index is 1070. The lowest BCUT2D eigenvalue weighted by Crippen LogP contribution is -2.48. The molecule has 2 aromatic heterocycles. The maximum atomic E-state index is 4.67. The predicted molar refractivity (Wildman–Crippen MR) is 120 cm³/mol. The molecule has 0 saturated carbocycles. The Balaban J connectivity index is 1.41. The molecule has 7 heteroatoms. The number of anilines is 1. The van der Waals surface area contributed by atoms with Crippen molar-refractivity contribution >= 4 is 5.69 Å². The summed E-state index contributed by atoms with van der Waals surface area (Å²) in [6.07, 6.45) is 1.84. The standard InChI is InChI=1S/C24H25N7/c1-3-9-20(10-4-1)19-31-24(26-27-28-31)23(22-13-7-8-14-25-22)30-17-15-29(16-18-30)21-11-5-2-6-12-21/h1-14,23H,15-19H2/t23-/m0/s1. The van der Waals surface area contributed by atoms with E-state index in [-0.39, 0.29) is 6.04 Å². The molecule has 2 aromatic carbocycles. The number of rotatable bonds is 6. The van der Waals surface area contributed by atoms with E-state index in [9.17, 15) is 0 Å². The number of hydrogen-bond donors (Lipinski definition) is 0. The summed E-state index contributed by atoms with van der Waals surface area (Å²) >= 11 is 0. The van der Waals surface area contributed by atoms with E-state index in [1.165, 1.54) is 11.3 Å². The summed E-state index contributed by atoms with van der Waals surface area (Å²) < 4.78 is 1.90. The molecule has 5 rings (SSSR count). The van der Waals surface area contributed by atoms with E-state index in [2.05, 4.69) is 78.8 Å². The van der Waals surface area contributed by atoms with Crippen LogP contribution in [0.15, 0.2) is 85.1 Å². The monoisotopic (exact) mass is 411 g/mol. The highest BCUT2D eigenvalue weighted by Gasteiger charge is 2.31. The van der Waals surface area contributed by atoms with Crippen LogP contribution in [0.5, 0.6) is 0 Å². The van der Waals surface area contributed by atoms with Crippen LogP contribution in [-0.2, 0) is 6.54 Å². The first kappa shape index (κ1) is 19.4. The van der Waals surface area contributed by atoms with Crippen LogP contribution in [-0.4, -0.2) is 56.3 Å². The number of tetrazole rings is 1. The van der Waals surface area contributed by atoms with Crippen molar-refractivity contribution in [1.29, 1.82) is 0 Å². The van der Waals surface area contributed by atoms with Crippen molar-refractivity contribution in [3.63, 3.8) is 0 Å². The smallest absolute Gasteiger partial charge is 0.174 e. The van der Waals surface area contributed by atoms with E-state index in [1.54, 1.807) is 0 Å². The molecule has 0 spiro atoms. The highest BCUT2D eigenvalue weighted by atomic mass is 15.6. The van der Waals surface area contributed by atoms with Crippen molar-refractivity contribution in [2.45, 2.75) is 12.6 Å². The van der Waals surface area contributed by atoms with Gasteiger partial charge in [0.2, 0.25) is 0 Å². The number of pyridine rings is 1. The fourth-order valence-corrected chi connectivity index (χ4v) is 4.17. The average Bonchev–Trinajstić information content (AvgIpc) is 3.29. The zero-order valence-corrected chi connectivity index (χ0v) is 17.3. The average molecular weight is 412 g/mol. The van der Waals surface area contributed by atoms with Crippen molar-refractivity contribution in [1.82, 2.24) is 30.1 Å². The van der Waals surface area contributed by atoms with Gasteiger partial charge in [0.15, 0.2) is 5.82 Å². The zero-order valence-electron chi connectivity index (χ0n) is 17.3. The quantitative estimate of drug-likeness (QED) is 0.486. The summed E-state index contributed by atoms with van der Waals surface area (Å²) in [6, 6.07) is 26.8. The number of para-hydroxylation sites is 1. The number of nitrogens with zero attached hydrogens (tertiary/aromatic N) is 7. The van der Waals surface area contributed by atoms with Gasteiger partial charge in [0.05, 0.1) is 12.2 Å². The second-order valence-electron chi connectivity index (χ2n) is 7.70. The van der Waals surface area contributed by atoms with Gasteiger partial charge in [-0.1, -0.05) is 54.6 Å². The molecule has 0 aliphatic carbocycles. The molecule has 1 aliphatic heterocycles. The topological polar surface area (TPSA) is 63.0 Å². The minimum Gasteiger partial charge on any atom is -0.369 e.